The van der Waals surface area contributed by atoms with E-state index in [1.807, 2.05) is 6.08 Å². The molecular formula is C27H38O4. The molecule has 1 heterocycles. The van der Waals surface area contributed by atoms with Gasteiger partial charge in [-0.2, -0.15) is 0 Å². The molecule has 1 N–H and O–H groups in total. The van der Waals surface area contributed by atoms with Crippen LogP contribution < -0.4 is 0 Å². The van der Waals surface area contributed by atoms with Gasteiger partial charge in [0, 0.05) is 37.2 Å². The van der Waals surface area contributed by atoms with Crippen LogP contribution in [0.1, 0.15) is 79.1 Å². The van der Waals surface area contributed by atoms with Crippen LogP contribution in [0.2, 0.25) is 0 Å². The first-order valence-corrected chi connectivity index (χ1v) is 12.4. The second-order valence-electron chi connectivity index (χ2n) is 11.7. The lowest BCUT2D eigenvalue weighted by atomic mass is 9.46. The number of Topliss-reactive ketones (excluding diaryl/α,β-unsaturated/α-hetero) is 1. The molecule has 3 saturated carbocycles. The summed E-state index contributed by atoms with van der Waals surface area (Å²) in [5, 5.41) is 9.37. The Kier molecular flexibility index (Phi) is 5.04. The van der Waals surface area contributed by atoms with Gasteiger partial charge in [-0.25, -0.2) is 0 Å². The van der Waals surface area contributed by atoms with Gasteiger partial charge in [0.15, 0.2) is 5.78 Å². The molecule has 4 aliphatic carbocycles. The fourth-order valence-electron chi connectivity index (χ4n) is 8.30. The van der Waals surface area contributed by atoms with Crippen LogP contribution in [0.3, 0.4) is 0 Å². The van der Waals surface area contributed by atoms with Crippen LogP contribution in [0.4, 0.5) is 0 Å². The van der Waals surface area contributed by atoms with Gasteiger partial charge < -0.3 is 9.84 Å². The standard InChI is InChI=1S/C27H38O4/c1-15(14-28)5-8-22-16(2)25-23(31-22)12-21-19-7-6-17-11-18(29)9-10-26(17,3)20(19)13-24(30)27(21,25)4/h11,15,19-21,23,25,28H,5-10,12-14H2,1-4H3/t15?,19-,20+,21+,23+,25+,26+,27-/m1/s1. The smallest absolute Gasteiger partial charge is 0.155 e. The van der Waals surface area contributed by atoms with Crippen molar-refractivity contribution in [3.63, 3.8) is 0 Å². The van der Waals surface area contributed by atoms with Crippen molar-refractivity contribution in [1.29, 1.82) is 0 Å². The lowest BCUT2D eigenvalue weighted by Crippen LogP contribution is -2.54. The number of hydrogen-bond acceptors (Lipinski definition) is 4. The predicted octanol–water partition coefficient (Wildman–Crippen LogP) is 5.00. The van der Waals surface area contributed by atoms with Gasteiger partial charge >= 0.3 is 0 Å². The van der Waals surface area contributed by atoms with Crippen molar-refractivity contribution in [1.82, 2.24) is 0 Å². The number of hydrogen-bond donors (Lipinski definition) is 1. The largest absolute Gasteiger partial charge is 0.494 e. The molecule has 4 heteroatoms. The first-order valence-electron chi connectivity index (χ1n) is 12.4. The van der Waals surface area contributed by atoms with E-state index >= 15 is 0 Å². The zero-order valence-corrected chi connectivity index (χ0v) is 19.6. The second-order valence-corrected chi connectivity index (χ2v) is 11.7. The fourth-order valence-corrected chi connectivity index (χ4v) is 8.30. The van der Waals surface area contributed by atoms with Crippen LogP contribution in [0.25, 0.3) is 0 Å². The molecule has 8 atom stereocenters. The molecule has 5 rings (SSSR count). The summed E-state index contributed by atoms with van der Waals surface area (Å²) in [5.74, 6) is 3.58. The van der Waals surface area contributed by atoms with Gasteiger partial charge in [0.2, 0.25) is 0 Å². The van der Waals surface area contributed by atoms with Crippen molar-refractivity contribution in [3.05, 3.63) is 23.0 Å². The summed E-state index contributed by atoms with van der Waals surface area (Å²) < 4.78 is 6.51. The molecule has 5 aliphatic rings. The molecule has 0 aromatic heterocycles. The molecule has 0 radical (unpaired) electrons. The number of rotatable bonds is 4. The number of fused-ring (bicyclic) bond motifs is 7. The van der Waals surface area contributed by atoms with Crippen molar-refractivity contribution in [3.8, 4) is 0 Å². The number of carbonyl (C=O) groups excluding carboxylic acids is 2. The van der Waals surface area contributed by atoms with E-state index in [4.69, 9.17) is 4.74 Å². The summed E-state index contributed by atoms with van der Waals surface area (Å²) in [6, 6.07) is 0. The molecule has 0 amide bonds. The summed E-state index contributed by atoms with van der Waals surface area (Å²) in [6.45, 7) is 9.04. The van der Waals surface area contributed by atoms with Crippen LogP contribution in [0.15, 0.2) is 23.0 Å². The highest BCUT2D eigenvalue weighted by Crippen LogP contribution is 2.68. The highest BCUT2D eigenvalue weighted by molar-refractivity contribution is 5.92. The highest BCUT2D eigenvalue weighted by atomic mass is 16.5. The van der Waals surface area contributed by atoms with Gasteiger partial charge in [0.05, 0.1) is 5.76 Å². The van der Waals surface area contributed by atoms with E-state index in [0.29, 0.717) is 36.4 Å². The third-order valence-electron chi connectivity index (χ3n) is 10.2. The van der Waals surface area contributed by atoms with Crippen LogP contribution in [0, 0.1) is 40.4 Å². The van der Waals surface area contributed by atoms with Gasteiger partial charge in [-0.15, -0.1) is 0 Å². The SMILES string of the molecule is CC1=C(CCC(C)CO)O[C@H]2C[C@H]3[C@@H]4CCC5=CC(=O)CC[C@]5(C)[C@H]4CC(=O)[C@]3(C)[C@@H]12. The highest BCUT2D eigenvalue weighted by Gasteiger charge is 2.67. The van der Waals surface area contributed by atoms with Crippen molar-refractivity contribution in [2.75, 3.05) is 6.61 Å². The number of carbonyl (C=O) groups is 2. The van der Waals surface area contributed by atoms with Crippen LogP contribution in [-0.2, 0) is 14.3 Å². The van der Waals surface area contributed by atoms with Gasteiger partial charge in [-0.1, -0.05) is 26.3 Å². The van der Waals surface area contributed by atoms with E-state index in [9.17, 15) is 14.7 Å². The maximum atomic E-state index is 13.8. The molecule has 0 spiro atoms. The lowest BCUT2D eigenvalue weighted by molar-refractivity contribution is -0.146. The lowest BCUT2D eigenvalue weighted by Gasteiger charge is -2.57. The van der Waals surface area contributed by atoms with E-state index in [2.05, 4.69) is 27.7 Å². The predicted molar refractivity (Wildman–Crippen MR) is 119 cm³/mol. The van der Waals surface area contributed by atoms with E-state index < -0.39 is 0 Å². The van der Waals surface area contributed by atoms with Crippen molar-refractivity contribution >= 4 is 11.6 Å². The first kappa shape index (κ1) is 21.4. The number of ether oxygens (including phenoxy) is 1. The molecule has 170 valence electrons. The van der Waals surface area contributed by atoms with E-state index in [0.717, 1.165) is 44.3 Å². The third-order valence-corrected chi connectivity index (χ3v) is 10.2. The van der Waals surface area contributed by atoms with Crippen molar-refractivity contribution < 1.29 is 19.4 Å². The average Bonchev–Trinajstić information content (AvgIpc) is 3.22. The van der Waals surface area contributed by atoms with Gasteiger partial charge in [0.1, 0.15) is 11.9 Å². The molecule has 0 aromatic carbocycles. The Morgan fingerprint density at radius 1 is 1.23 bits per heavy atom. The Labute approximate surface area is 186 Å². The normalized spacial score (nSPS) is 44.8. The molecule has 4 nitrogen and oxygen atoms in total. The Hall–Kier alpha value is -1.42. The number of aliphatic hydroxyl groups is 1. The van der Waals surface area contributed by atoms with E-state index in [1.54, 1.807) is 0 Å². The molecule has 0 bridgehead atoms. The quantitative estimate of drug-likeness (QED) is 0.687. The summed E-state index contributed by atoms with van der Waals surface area (Å²) in [5.41, 5.74) is 2.30. The number of aliphatic hydroxyl groups excluding tert-OH is 1. The minimum absolute atomic E-state index is 0.0167. The van der Waals surface area contributed by atoms with Gasteiger partial charge in [-0.05, 0) is 79.8 Å². The van der Waals surface area contributed by atoms with Gasteiger partial charge in [-0.3, -0.25) is 9.59 Å². The fraction of sp³-hybridized carbons (Fsp3) is 0.778. The topological polar surface area (TPSA) is 63.6 Å². The number of ketones is 2. The van der Waals surface area contributed by atoms with Crippen LogP contribution in [-0.4, -0.2) is 29.4 Å². The molecule has 3 fully saturated rings. The maximum absolute atomic E-state index is 13.8. The maximum Gasteiger partial charge on any atom is 0.155 e. The molecule has 31 heavy (non-hydrogen) atoms. The summed E-state index contributed by atoms with van der Waals surface area (Å²) in [6.07, 6.45) is 9.14. The van der Waals surface area contributed by atoms with E-state index in [1.165, 1.54) is 11.1 Å². The van der Waals surface area contributed by atoms with Crippen LogP contribution in [0.5, 0.6) is 0 Å². The molecule has 0 saturated heterocycles. The zero-order valence-electron chi connectivity index (χ0n) is 19.6. The Morgan fingerprint density at radius 2 is 2.00 bits per heavy atom. The molecular weight excluding hydrogens is 388 g/mol. The minimum Gasteiger partial charge on any atom is -0.494 e. The Morgan fingerprint density at radius 3 is 2.74 bits per heavy atom. The van der Waals surface area contributed by atoms with E-state index in [-0.39, 0.29) is 41.2 Å². The zero-order chi connectivity index (χ0) is 22.1. The Bertz CT molecular complexity index is 868. The second kappa shape index (κ2) is 7.30. The molecule has 1 unspecified atom stereocenters. The van der Waals surface area contributed by atoms with Gasteiger partial charge in [0.25, 0.3) is 0 Å². The summed E-state index contributed by atoms with van der Waals surface area (Å²) in [7, 11) is 0. The van der Waals surface area contributed by atoms with Crippen molar-refractivity contribution in [2.45, 2.75) is 85.2 Å². The van der Waals surface area contributed by atoms with Crippen LogP contribution >= 0.6 is 0 Å². The average molecular weight is 427 g/mol. The molecule has 0 aromatic rings. The molecule has 1 aliphatic heterocycles. The summed E-state index contributed by atoms with van der Waals surface area (Å²) in [4.78, 5) is 25.9. The third kappa shape index (κ3) is 2.96. The Balaban J connectivity index is 1.44. The monoisotopic (exact) mass is 426 g/mol. The number of allylic oxidation sites excluding steroid dienone is 2. The van der Waals surface area contributed by atoms with Crippen molar-refractivity contribution in [2.24, 2.45) is 40.4 Å². The minimum atomic E-state index is -0.317. The first-order chi connectivity index (χ1) is 14.7. The summed E-state index contributed by atoms with van der Waals surface area (Å²) >= 11 is 0.